The van der Waals surface area contributed by atoms with E-state index in [1.807, 2.05) is 43.9 Å². The second kappa shape index (κ2) is 5.64. The average Bonchev–Trinajstić information content (AvgIpc) is 3.02. The summed E-state index contributed by atoms with van der Waals surface area (Å²) in [6.45, 7) is 9.06. The van der Waals surface area contributed by atoms with E-state index in [1.54, 1.807) is 0 Å². The monoisotopic (exact) mass is 343 g/mol. The number of carbonyl (C=O) groups excluding carboxylic acids is 1. The summed E-state index contributed by atoms with van der Waals surface area (Å²) in [6, 6.07) is 7.20. The predicted molar refractivity (Wildman–Crippen MR) is 95.8 cm³/mol. The summed E-state index contributed by atoms with van der Waals surface area (Å²) in [4.78, 5) is 21.2. The minimum absolute atomic E-state index is 0.225. The number of benzene rings is 1. The highest BCUT2D eigenvalue weighted by Gasteiger charge is 2.44. The van der Waals surface area contributed by atoms with E-state index in [-0.39, 0.29) is 18.2 Å². The van der Waals surface area contributed by atoms with Gasteiger partial charge in [-0.05, 0) is 58.2 Å². The molecule has 1 amide bonds. The summed E-state index contributed by atoms with van der Waals surface area (Å²) in [6.07, 6.45) is 1.86. The fraction of sp³-hybridized carbons (Fsp3) is 0.579. The number of ether oxygens (including phenoxy) is 1. The second-order valence-corrected chi connectivity index (χ2v) is 8.15. The molecule has 2 saturated heterocycles. The fourth-order valence-electron chi connectivity index (χ4n) is 3.83. The van der Waals surface area contributed by atoms with Crippen LogP contribution in [0.1, 0.15) is 39.2 Å². The van der Waals surface area contributed by atoms with E-state index < -0.39 is 5.60 Å². The molecule has 2 aromatic rings. The van der Waals surface area contributed by atoms with Crippen molar-refractivity contribution in [3.05, 3.63) is 23.8 Å². The van der Waals surface area contributed by atoms with Gasteiger partial charge in [-0.3, -0.25) is 0 Å². The van der Waals surface area contributed by atoms with Crippen molar-refractivity contribution in [1.29, 1.82) is 0 Å². The first-order valence-corrected chi connectivity index (χ1v) is 8.93. The lowest BCUT2D eigenvalue weighted by atomic mass is 10.2. The molecule has 0 saturated carbocycles. The Morgan fingerprint density at radius 1 is 1.24 bits per heavy atom. The molecule has 2 bridgehead atoms. The van der Waals surface area contributed by atoms with Crippen molar-refractivity contribution in [2.75, 3.05) is 18.0 Å². The van der Waals surface area contributed by atoms with Crippen LogP contribution in [0, 0.1) is 6.92 Å². The zero-order valence-electron chi connectivity index (χ0n) is 15.3. The highest BCUT2D eigenvalue weighted by molar-refractivity contribution is 5.75. The van der Waals surface area contributed by atoms with Crippen LogP contribution in [0.2, 0.25) is 0 Å². The highest BCUT2D eigenvalue weighted by atomic mass is 16.6. The molecule has 1 aromatic carbocycles. The van der Waals surface area contributed by atoms with Crippen molar-refractivity contribution < 1.29 is 13.9 Å². The number of aromatic nitrogens is 1. The Kier molecular flexibility index (Phi) is 3.67. The lowest BCUT2D eigenvalue weighted by Gasteiger charge is -2.40. The van der Waals surface area contributed by atoms with Crippen molar-refractivity contribution >= 4 is 23.2 Å². The van der Waals surface area contributed by atoms with Gasteiger partial charge in [0.15, 0.2) is 5.58 Å². The number of fused-ring (bicyclic) bond motifs is 3. The van der Waals surface area contributed by atoms with Crippen LogP contribution in [0.25, 0.3) is 11.1 Å². The van der Waals surface area contributed by atoms with E-state index in [0.29, 0.717) is 19.1 Å². The summed E-state index contributed by atoms with van der Waals surface area (Å²) >= 11 is 0. The average molecular weight is 343 g/mol. The first-order valence-electron chi connectivity index (χ1n) is 8.93. The molecule has 0 radical (unpaired) electrons. The van der Waals surface area contributed by atoms with E-state index in [9.17, 15) is 4.79 Å². The molecule has 3 heterocycles. The molecule has 2 aliphatic heterocycles. The summed E-state index contributed by atoms with van der Waals surface area (Å²) in [5.74, 6) is 0. The number of amides is 1. The molecule has 6 nitrogen and oxygen atoms in total. The Labute approximate surface area is 147 Å². The largest absolute Gasteiger partial charge is 0.444 e. The number of piperazine rings is 1. The molecule has 2 unspecified atom stereocenters. The minimum atomic E-state index is -0.467. The molecular weight excluding hydrogens is 318 g/mol. The number of carbonyl (C=O) groups is 1. The zero-order valence-corrected chi connectivity index (χ0v) is 15.3. The number of oxazole rings is 1. The Balaban J connectivity index is 1.54. The van der Waals surface area contributed by atoms with Crippen LogP contribution in [0.4, 0.5) is 10.8 Å². The van der Waals surface area contributed by atoms with Gasteiger partial charge in [0.05, 0.1) is 12.1 Å². The number of anilines is 1. The minimum Gasteiger partial charge on any atom is -0.444 e. The van der Waals surface area contributed by atoms with Crippen molar-refractivity contribution in [3.63, 3.8) is 0 Å². The van der Waals surface area contributed by atoms with Gasteiger partial charge in [-0.1, -0.05) is 6.07 Å². The molecule has 134 valence electrons. The molecule has 6 heteroatoms. The Morgan fingerprint density at radius 2 is 1.92 bits per heavy atom. The van der Waals surface area contributed by atoms with E-state index in [1.165, 1.54) is 5.56 Å². The van der Waals surface area contributed by atoms with Crippen LogP contribution in [-0.4, -0.2) is 46.8 Å². The van der Waals surface area contributed by atoms with E-state index in [4.69, 9.17) is 14.1 Å². The molecule has 0 spiro atoms. The van der Waals surface area contributed by atoms with Crippen molar-refractivity contribution in [2.45, 2.75) is 58.2 Å². The summed E-state index contributed by atoms with van der Waals surface area (Å²) in [5, 5.41) is 0. The quantitative estimate of drug-likeness (QED) is 0.790. The molecule has 2 aliphatic rings. The van der Waals surface area contributed by atoms with Gasteiger partial charge in [0.25, 0.3) is 6.01 Å². The van der Waals surface area contributed by atoms with Crippen LogP contribution in [0.5, 0.6) is 0 Å². The van der Waals surface area contributed by atoms with Gasteiger partial charge in [-0.2, -0.15) is 4.98 Å². The molecule has 2 atom stereocenters. The number of hydrogen-bond donors (Lipinski definition) is 0. The number of likely N-dealkylation sites (tertiary alicyclic amines) is 1. The SMILES string of the molecule is Cc1ccc2oc(N3C4CCC3CN(C(=O)OC(C)(C)C)C4)nc2c1. The van der Waals surface area contributed by atoms with Gasteiger partial charge in [-0.15, -0.1) is 0 Å². The van der Waals surface area contributed by atoms with Gasteiger partial charge in [-0.25, -0.2) is 4.79 Å². The maximum absolute atomic E-state index is 12.4. The van der Waals surface area contributed by atoms with Crippen LogP contribution >= 0.6 is 0 Å². The van der Waals surface area contributed by atoms with Crippen LogP contribution in [-0.2, 0) is 4.74 Å². The molecule has 0 aliphatic carbocycles. The molecule has 25 heavy (non-hydrogen) atoms. The van der Waals surface area contributed by atoms with Gasteiger partial charge >= 0.3 is 6.09 Å². The van der Waals surface area contributed by atoms with Crippen LogP contribution in [0.15, 0.2) is 22.6 Å². The van der Waals surface area contributed by atoms with E-state index >= 15 is 0 Å². The maximum atomic E-state index is 12.4. The third-order valence-electron chi connectivity index (χ3n) is 4.89. The topological polar surface area (TPSA) is 58.8 Å². The smallest absolute Gasteiger partial charge is 0.410 e. The summed E-state index contributed by atoms with van der Waals surface area (Å²) < 4.78 is 11.5. The molecular formula is C19H25N3O3. The fourth-order valence-corrected chi connectivity index (χ4v) is 3.83. The zero-order chi connectivity index (χ0) is 17.8. The van der Waals surface area contributed by atoms with Crippen LogP contribution in [0.3, 0.4) is 0 Å². The van der Waals surface area contributed by atoms with E-state index in [0.717, 1.165) is 23.9 Å². The standard InChI is InChI=1S/C19H25N3O3/c1-12-5-8-16-15(9-12)20-17(24-16)22-13-6-7-14(22)11-21(10-13)18(23)25-19(2,3)4/h5,8-9,13-14H,6-7,10-11H2,1-4H3. The molecule has 0 N–H and O–H groups in total. The first kappa shape index (κ1) is 16.2. The first-order chi connectivity index (χ1) is 11.8. The summed E-state index contributed by atoms with van der Waals surface area (Å²) in [7, 11) is 0. The van der Waals surface area contributed by atoms with Crippen molar-refractivity contribution in [3.8, 4) is 0 Å². The number of rotatable bonds is 1. The van der Waals surface area contributed by atoms with Crippen molar-refractivity contribution in [2.24, 2.45) is 0 Å². The number of aryl methyl sites for hydroxylation is 1. The Bertz CT molecular complexity index is 794. The normalized spacial score (nSPS) is 23.4. The second-order valence-electron chi connectivity index (χ2n) is 8.15. The van der Waals surface area contributed by atoms with Gasteiger partial charge in [0, 0.05) is 13.1 Å². The lowest BCUT2D eigenvalue weighted by molar-refractivity contribution is 0.0207. The maximum Gasteiger partial charge on any atom is 0.410 e. The number of nitrogens with zero attached hydrogens (tertiary/aromatic N) is 3. The lowest BCUT2D eigenvalue weighted by Crippen LogP contribution is -2.56. The molecule has 1 aromatic heterocycles. The summed E-state index contributed by atoms with van der Waals surface area (Å²) in [5.41, 5.74) is 2.41. The van der Waals surface area contributed by atoms with Crippen molar-refractivity contribution in [1.82, 2.24) is 9.88 Å². The number of hydrogen-bond acceptors (Lipinski definition) is 5. The third kappa shape index (κ3) is 3.05. The molecule has 4 rings (SSSR count). The third-order valence-corrected chi connectivity index (χ3v) is 4.89. The van der Waals surface area contributed by atoms with Crippen LogP contribution < -0.4 is 4.90 Å². The molecule has 2 fully saturated rings. The highest BCUT2D eigenvalue weighted by Crippen LogP contribution is 2.36. The Morgan fingerprint density at radius 3 is 2.56 bits per heavy atom. The Hall–Kier alpha value is -2.24. The van der Waals surface area contributed by atoms with Gasteiger partial charge in [0.2, 0.25) is 0 Å². The van der Waals surface area contributed by atoms with Gasteiger partial charge < -0.3 is 19.0 Å². The van der Waals surface area contributed by atoms with Gasteiger partial charge in [0.1, 0.15) is 11.1 Å². The predicted octanol–water partition coefficient (Wildman–Crippen LogP) is 3.72. The van der Waals surface area contributed by atoms with E-state index in [2.05, 4.69) is 11.8 Å².